The highest BCUT2D eigenvalue weighted by molar-refractivity contribution is 7.99. The molecule has 7 nitrogen and oxygen atoms in total. The highest BCUT2D eigenvalue weighted by Crippen LogP contribution is 2.27. The first kappa shape index (κ1) is 20.0. The zero-order chi connectivity index (χ0) is 19.9. The molecule has 0 bridgehead atoms. The predicted octanol–water partition coefficient (Wildman–Crippen LogP) is 1.33. The average Bonchev–Trinajstić information content (AvgIpc) is 3.41. The fourth-order valence-electron chi connectivity index (χ4n) is 4.51. The van der Waals surface area contributed by atoms with Crippen LogP contribution in [0.2, 0.25) is 0 Å². The molecule has 3 saturated heterocycles. The second-order valence-electron chi connectivity index (χ2n) is 9.24. The maximum atomic E-state index is 12.7. The van der Waals surface area contributed by atoms with Gasteiger partial charge in [0.1, 0.15) is 5.82 Å². The molecular formula is C20H34N6OS. The molecule has 0 aromatic carbocycles. The van der Waals surface area contributed by atoms with Crippen molar-refractivity contribution in [3.63, 3.8) is 0 Å². The number of piperazine rings is 1. The number of anilines is 1. The lowest BCUT2D eigenvalue weighted by Gasteiger charge is -2.39. The van der Waals surface area contributed by atoms with E-state index in [2.05, 4.69) is 53.6 Å². The zero-order valence-electron chi connectivity index (χ0n) is 17.6. The number of thioether (sulfide) groups is 1. The number of nitrogens with zero attached hydrogens (tertiary/aromatic N) is 5. The lowest BCUT2D eigenvalue weighted by atomic mass is 10.1. The number of carbonyl (C=O) groups is 1. The molecule has 156 valence electrons. The average molecular weight is 407 g/mol. The Morgan fingerprint density at radius 2 is 1.96 bits per heavy atom. The van der Waals surface area contributed by atoms with E-state index in [0.29, 0.717) is 11.9 Å². The fraction of sp³-hybridized carbons (Fsp3) is 0.800. The summed E-state index contributed by atoms with van der Waals surface area (Å²) in [5.74, 6) is 3.47. The molecule has 3 aliphatic rings. The van der Waals surface area contributed by atoms with E-state index in [1.165, 1.54) is 5.82 Å². The van der Waals surface area contributed by atoms with E-state index in [4.69, 9.17) is 5.10 Å². The first-order valence-corrected chi connectivity index (χ1v) is 11.6. The number of hydrogen-bond donors (Lipinski definition) is 1. The maximum absolute atomic E-state index is 12.7. The Hall–Kier alpha value is -1.25. The standard InChI is InChI=1S/C20H34N6OS/c1-15-11-18(26(22-15)20(2,3)4)24-7-5-23(6-8-24)16-12-17(21-13-16)19(27)25-9-10-28-14-25/h11,16-17,21H,5-10,12-14H2,1-4H3/t16-,17-/m0/s1. The van der Waals surface area contributed by atoms with Gasteiger partial charge in [0.2, 0.25) is 5.91 Å². The summed E-state index contributed by atoms with van der Waals surface area (Å²) in [4.78, 5) is 19.7. The summed E-state index contributed by atoms with van der Waals surface area (Å²) in [5.41, 5.74) is 1.06. The van der Waals surface area contributed by atoms with Crippen molar-refractivity contribution >= 4 is 23.5 Å². The molecule has 8 heteroatoms. The third-order valence-corrected chi connectivity index (χ3v) is 7.04. The van der Waals surface area contributed by atoms with Crippen molar-refractivity contribution in [2.75, 3.05) is 55.8 Å². The van der Waals surface area contributed by atoms with E-state index in [1.54, 1.807) is 0 Å². The predicted molar refractivity (Wildman–Crippen MR) is 115 cm³/mol. The minimum absolute atomic E-state index is 0.00621. The molecule has 1 aromatic heterocycles. The van der Waals surface area contributed by atoms with Crippen LogP contribution in [0.25, 0.3) is 0 Å². The van der Waals surface area contributed by atoms with Crippen LogP contribution < -0.4 is 10.2 Å². The summed E-state index contributed by atoms with van der Waals surface area (Å²) in [6.07, 6.45) is 0.943. The van der Waals surface area contributed by atoms with E-state index in [1.807, 2.05) is 16.7 Å². The van der Waals surface area contributed by atoms with Gasteiger partial charge >= 0.3 is 0 Å². The fourth-order valence-corrected chi connectivity index (χ4v) is 5.47. The van der Waals surface area contributed by atoms with Crippen LogP contribution in [0.15, 0.2) is 6.07 Å². The van der Waals surface area contributed by atoms with Crippen LogP contribution in [0.1, 0.15) is 32.9 Å². The Balaban J connectivity index is 1.33. The molecule has 0 unspecified atom stereocenters. The molecule has 2 atom stereocenters. The van der Waals surface area contributed by atoms with E-state index in [9.17, 15) is 4.79 Å². The van der Waals surface area contributed by atoms with E-state index >= 15 is 0 Å². The molecule has 1 amide bonds. The number of carbonyl (C=O) groups excluding carboxylic acids is 1. The largest absolute Gasteiger partial charge is 0.354 e. The van der Waals surface area contributed by atoms with Gasteiger partial charge in [0.05, 0.1) is 23.2 Å². The molecule has 0 aliphatic carbocycles. The van der Waals surface area contributed by atoms with Crippen LogP contribution in [0.3, 0.4) is 0 Å². The van der Waals surface area contributed by atoms with Gasteiger partial charge in [0.25, 0.3) is 0 Å². The molecule has 0 spiro atoms. The van der Waals surface area contributed by atoms with E-state index < -0.39 is 0 Å². The molecule has 0 saturated carbocycles. The number of hydrogen-bond acceptors (Lipinski definition) is 6. The Kier molecular flexibility index (Phi) is 5.64. The van der Waals surface area contributed by atoms with Gasteiger partial charge in [-0.1, -0.05) is 0 Å². The molecule has 4 heterocycles. The van der Waals surface area contributed by atoms with Crippen LogP contribution in [0, 0.1) is 6.92 Å². The minimum Gasteiger partial charge on any atom is -0.354 e. The SMILES string of the molecule is Cc1cc(N2CCN([C@@H]3CN[C@H](C(=O)N4CCSC4)C3)CC2)n(C(C)(C)C)n1. The lowest BCUT2D eigenvalue weighted by molar-refractivity contribution is -0.131. The van der Waals surface area contributed by atoms with Crippen molar-refractivity contribution in [2.45, 2.75) is 51.7 Å². The van der Waals surface area contributed by atoms with Crippen molar-refractivity contribution in [3.05, 3.63) is 11.8 Å². The van der Waals surface area contributed by atoms with Gasteiger partial charge in [-0.05, 0) is 34.1 Å². The van der Waals surface area contributed by atoms with Gasteiger partial charge in [0, 0.05) is 57.1 Å². The van der Waals surface area contributed by atoms with Crippen molar-refractivity contribution in [1.29, 1.82) is 0 Å². The van der Waals surface area contributed by atoms with Crippen LogP contribution in [0.5, 0.6) is 0 Å². The van der Waals surface area contributed by atoms with E-state index in [-0.39, 0.29) is 11.6 Å². The number of aromatic nitrogens is 2. The first-order chi connectivity index (χ1) is 13.3. The Morgan fingerprint density at radius 1 is 1.21 bits per heavy atom. The summed E-state index contributed by atoms with van der Waals surface area (Å²) in [5, 5.41) is 8.21. The normalized spacial score (nSPS) is 27.0. The zero-order valence-corrected chi connectivity index (χ0v) is 18.5. The second-order valence-corrected chi connectivity index (χ2v) is 10.3. The lowest BCUT2D eigenvalue weighted by Crippen LogP contribution is -2.51. The quantitative estimate of drug-likeness (QED) is 0.817. The molecule has 0 radical (unpaired) electrons. The number of amides is 1. The van der Waals surface area contributed by atoms with Gasteiger partial charge in [-0.15, -0.1) is 11.8 Å². The first-order valence-electron chi connectivity index (χ1n) is 10.5. The number of nitrogens with one attached hydrogen (secondary N) is 1. The molecule has 1 aromatic rings. The van der Waals surface area contributed by atoms with Crippen LogP contribution in [0.4, 0.5) is 5.82 Å². The maximum Gasteiger partial charge on any atom is 0.240 e. The topological polar surface area (TPSA) is 56.6 Å². The molecule has 4 rings (SSSR count). The highest BCUT2D eigenvalue weighted by Gasteiger charge is 2.37. The van der Waals surface area contributed by atoms with Crippen molar-refractivity contribution in [2.24, 2.45) is 0 Å². The number of rotatable bonds is 3. The summed E-state index contributed by atoms with van der Waals surface area (Å²) < 4.78 is 2.16. The highest BCUT2D eigenvalue weighted by atomic mass is 32.2. The molecule has 3 fully saturated rings. The summed E-state index contributed by atoms with van der Waals surface area (Å²) >= 11 is 1.86. The summed E-state index contributed by atoms with van der Waals surface area (Å²) in [6.45, 7) is 14.6. The van der Waals surface area contributed by atoms with Gasteiger partial charge < -0.3 is 15.1 Å². The Bertz CT molecular complexity index is 700. The monoisotopic (exact) mass is 406 g/mol. The molecule has 3 aliphatic heterocycles. The summed E-state index contributed by atoms with van der Waals surface area (Å²) in [7, 11) is 0. The van der Waals surface area contributed by atoms with Crippen molar-refractivity contribution in [3.8, 4) is 0 Å². The summed E-state index contributed by atoms with van der Waals surface area (Å²) in [6, 6.07) is 2.69. The molecule has 1 N–H and O–H groups in total. The third-order valence-electron chi connectivity index (χ3n) is 6.07. The van der Waals surface area contributed by atoms with Gasteiger partial charge in [-0.25, -0.2) is 4.68 Å². The van der Waals surface area contributed by atoms with Crippen LogP contribution in [-0.2, 0) is 10.3 Å². The number of aryl methyl sites for hydroxylation is 1. The van der Waals surface area contributed by atoms with Gasteiger partial charge in [-0.3, -0.25) is 9.69 Å². The second kappa shape index (κ2) is 7.88. The molecule has 28 heavy (non-hydrogen) atoms. The smallest absolute Gasteiger partial charge is 0.240 e. The van der Waals surface area contributed by atoms with Gasteiger partial charge in [-0.2, -0.15) is 5.10 Å². The Morgan fingerprint density at radius 3 is 2.61 bits per heavy atom. The van der Waals surface area contributed by atoms with Crippen LogP contribution >= 0.6 is 11.8 Å². The van der Waals surface area contributed by atoms with Crippen molar-refractivity contribution in [1.82, 2.24) is 24.9 Å². The Labute approximate surface area is 172 Å². The van der Waals surface area contributed by atoms with E-state index in [0.717, 1.165) is 63.0 Å². The third kappa shape index (κ3) is 4.04. The van der Waals surface area contributed by atoms with Crippen LogP contribution in [-0.4, -0.2) is 88.5 Å². The van der Waals surface area contributed by atoms with Gasteiger partial charge in [0.15, 0.2) is 0 Å². The minimum atomic E-state index is -0.0163. The molecular weight excluding hydrogens is 372 g/mol. The van der Waals surface area contributed by atoms with Crippen molar-refractivity contribution < 1.29 is 4.79 Å².